The molecule has 2 heterocycles. The first-order valence-electron chi connectivity index (χ1n) is 11.7. The molecule has 0 bridgehead atoms. The number of H-pyrrole nitrogens is 1. The van der Waals surface area contributed by atoms with Crippen molar-refractivity contribution in [2.75, 3.05) is 6.61 Å². The van der Waals surface area contributed by atoms with E-state index in [-0.39, 0.29) is 24.0 Å². The molecule has 3 N–H and O–H groups in total. The van der Waals surface area contributed by atoms with Gasteiger partial charge < -0.3 is 19.8 Å². The highest BCUT2D eigenvalue weighted by atomic mass is 35.5. The summed E-state index contributed by atoms with van der Waals surface area (Å²) < 4.78 is 5.63. The van der Waals surface area contributed by atoms with Crippen LogP contribution >= 0.6 is 11.6 Å². The highest BCUT2D eigenvalue weighted by Gasteiger charge is 2.43. The van der Waals surface area contributed by atoms with Gasteiger partial charge in [-0.3, -0.25) is 9.89 Å². The molecule has 184 valence electrons. The van der Waals surface area contributed by atoms with E-state index in [4.69, 9.17) is 16.3 Å². The van der Waals surface area contributed by atoms with Gasteiger partial charge in [0.05, 0.1) is 12.6 Å². The van der Waals surface area contributed by atoms with Crippen molar-refractivity contribution in [1.82, 2.24) is 15.1 Å². The summed E-state index contributed by atoms with van der Waals surface area (Å²) in [7, 11) is 0. The molecule has 0 saturated heterocycles. The van der Waals surface area contributed by atoms with Crippen molar-refractivity contribution in [3.63, 3.8) is 0 Å². The number of aromatic nitrogens is 2. The number of carbonyl (C=O) groups excluding carboxylic acids is 1. The van der Waals surface area contributed by atoms with E-state index in [0.717, 1.165) is 22.3 Å². The molecule has 1 atom stereocenters. The average molecular weight is 504 g/mol. The Balaban J connectivity index is 1.71. The topological polar surface area (TPSA) is 98.7 Å². The summed E-state index contributed by atoms with van der Waals surface area (Å²) in [5, 5.41) is 29.1. The third-order valence-corrected chi connectivity index (χ3v) is 6.83. The first kappa shape index (κ1) is 23.8. The van der Waals surface area contributed by atoms with Gasteiger partial charge in [-0.2, -0.15) is 5.10 Å². The van der Waals surface area contributed by atoms with Crippen LogP contribution < -0.4 is 4.74 Å². The van der Waals surface area contributed by atoms with Gasteiger partial charge in [0, 0.05) is 22.7 Å². The number of halogens is 1. The van der Waals surface area contributed by atoms with Gasteiger partial charge in [0.15, 0.2) is 11.5 Å². The number of carbonyl (C=O) groups is 1. The molecule has 36 heavy (non-hydrogen) atoms. The zero-order valence-corrected chi connectivity index (χ0v) is 20.9. The van der Waals surface area contributed by atoms with Crippen LogP contribution in [0.15, 0.2) is 54.6 Å². The van der Waals surface area contributed by atoms with Gasteiger partial charge in [-0.1, -0.05) is 41.9 Å². The predicted octanol–water partition coefficient (Wildman–Crippen LogP) is 5.90. The van der Waals surface area contributed by atoms with E-state index in [1.807, 2.05) is 45.0 Å². The number of nitrogens with one attached hydrogen (secondary N) is 1. The molecule has 0 spiro atoms. The van der Waals surface area contributed by atoms with Crippen LogP contribution in [0.3, 0.4) is 0 Å². The zero-order chi connectivity index (χ0) is 25.6. The van der Waals surface area contributed by atoms with E-state index in [1.165, 1.54) is 0 Å². The molecule has 1 aromatic heterocycles. The Morgan fingerprint density at radius 3 is 2.58 bits per heavy atom. The van der Waals surface area contributed by atoms with Gasteiger partial charge in [0.2, 0.25) is 0 Å². The summed E-state index contributed by atoms with van der Waals surface area (Å²) in [5.74, 6) is 0.206. The van der Waals surface area contributed by atoms with E-state index >= 15 is 0 Å². The first-order valence-corrected chi connectivity index (χ1v) is 12.1. The lowest BCUT2D eigenvalue weighted by atomic mass is 9.93. The molecule has 1 aliphatic rings. The molecule has 8 heteroatoms. The van der Waals surface area contributed by atoms with Gasteiger partial charge in [0.25, 0.3) is 5.91 Å². The van der Waals surface area contributed by atoms with Gasteiger partial charge in [-0.05, 0) is 67.3 Å². The van der Waals surface area contributed by atoms with Gasteiger partial charge in [0.1, 0.15) is 17.1 Å². The van der Waals surface area contributed by atoms with Crippen LogP contribution in [0.5, 0.6) is 17.2 Å². The summed E-state index contributed by atoms with van der Waals surface area (Å²) in [4.78, 5) is 15.4. The second-order valence-electron chi connectivity index (χ2n) is 8.92. The number of aryl methyl sites for hydroxylation is 2. The molecule has 7 nitrogen and oxygen atoms in total. The second-order valence-corrected chi connectivity index (χ2v) is 9.33. The Labute approximate surface area is 213 Å². The second kappa shape index (κ2) is 9.24. The smallest absolute Gasteiger partial charge is 0.273 e. The van der Waals surface area contributed by atoms with Crippen LogP contribution in [-0.2, 0) is 6.54 Å². The Morgan fingerprint density at radius 1 is 1.08 bits per heavy atom. The summed E-state index contributed by atoms with van der Waals surface area (Å²) in [6.45, 7) is 6.29. The van der Waals surface area contributed by atoms with E-state index in [1.54, 1.807) is 35.2 Å². The fourth-order valence-corrected chi connectivity index (χ4v) is 5.13. The number of ether oxygens (including phenoxy) is 1. The Kier molecular flexibility index (Phi) is 6.10. The van der Waals surface area contributed by atoms with Crippen molar-refractivity contribution in [2.24, 2.45) is 0 Å². The number of rotatable bonds is 6. The van der Waals surface area contributed by atoms with E-state index < -0.39 is 6.04 Å². The SMILES string of the molecule is CCOc1cc(C2c3c(-c4c(C)cc(C)cc4O)n[nH]c3C(=O)N2Cc2ccccc2Cl)ccc1O. The summed E-state index contributed by atoms with van der Waals surface area (Å²) in [5.41, 5.74) is 5.39. The molecule has 0 saturated carbocycles. The molecule has 1 unspecified atom stereocenters. The molecular weight excluding hydrogens is 478 g/mol. The quantitative estimate of drug-likeness (QED) is 0.304. The molecule has 1 amide bonds. The highest BCUT2D eigenvalue weighted by molar-refractivity contribution is 6.31. The Bertz CT molecular complexity index is 1460. The minimum Gasteiger partial charge on any atom is -0.507 e. The third-order valence-electron chi connectivity index (χ3n) is 6.46. The van der Waals surface area contributed by atoms with Gasteiger partial charge >= 0.3 is 0 Å². The first-order chi connectivity index (χ1) is 17.3. The number of hydrogen-bond donors (Lipinski definition) is 3. The summed E-state index contributed by atoms with van der Waals surface area (Å²) in [6.07, 6.45) is 0. The Morgan fingerprint density at radius 2 is 1.86 bits per heavy atom. The number of phenolic OH excluding ortho intramolecular Hbond substituents is 2. The van der Waals surface area contributed by atoms with Crippen LogP contribution in [0, 0.1) is 13.8 Å². The van der Waals surface area contributed by atoms with Crippen LogP contribution in [0.25, 0.3) is 11.3 Å². The maximum atomic E-state index is 13.7. The van der Waals surface area contributed by atoms with Gasteiger partial charge in [-0.25, -0.2) is 0 Å². The normalized spacial score (nSPS) is 14.8. The Hall–Kier alpha value is -3.97. The van der Waals surface area contributed by atoms with Crippen molar-refractivity contribution < 1.29 is 19.7 Å². The lowest BCUT2D eigenvalue weighted by Crippen LogP contribution is -2.29. The number of aromatic hydroxyl groups is 2. The lowest BCUT2D eigenvalue weighted by Gasteiger charge is -2.27. The van der Waals surface area contributed by atoms with Crippen molar-refractivity contribution in [3.8, 4) is 28.5 Å². The number of nitrogens with zero attached hydrogens (tertiary/aromatic N) is 2. The van der Waals surface area contributed by atoms with E-state index in [0.29, 0.717) is 39.9 Å². The fraction of sp³-hybridized carbons (Fsp3) is 0.214. The monoisotopic (exact) mass is 503 g/mol. The summed E-state index contributed by atoms with van der Waals surface area (Å²) >= 11 is 6.46. The van der Waals surface area contributed by atoms with Crippen LogP contribution in [0.2, 0.25) is 5.02 Å². The number of amides is 1. The minimum absolute atomic E-state index is 0.0160. The van der Waals surface area contributed by atoms with Crippen molar-refractivity contribution in [2.45, 2.75) is 33.4 Å². The number of hydrogen-bond acceptors (Lipinski definition) is 5. The standard InChI is InChI=1S/C28H26ClN3O4/c1-4-36-22-13-17(9-10-20(22)33)27-24-25(23-16(3)11-15(2)12-21(23)34)30-31-26(24)28(35)32(27)14-18-7-5-6-8-19(18)29/h5-13,27,33-34H,4,14H2,1-3H3,(H,30,31). The van der Waals surface area contributed by atoms with E-state index in [9.17, 15) is 15.0 Å². The number of benzene rings is 3. The molecule has 5 rings (SSSR count). The lowest BCUT2D eigenvalue weighted by molar-refractivity contribution is 0.0730. The van der Waals surface area contributed by atoms with Crippen molar-refractivity contribution in [1.29, 1.82) is 0 Å². The van der Waals surface area contributed by atoms with Crippen LogP contribution in [0.4, 0.5) is 0 Å². The van der Waals surface area contributed by atoms with Crippen molar-refractivity contribution >= 4 is 17.5 Å². The number of aromatic amines is 1. The molecular formula is C28H26ClN3O4. The molecule has 1 aliphatic heterocycles. The molecule has 0 aliphatic carbocycles. The van der Waals surface area contributed by atoms with Crippen LogP contribution in [0.1, 0.15) is 51.3 Å². The predicted molar refractivity (Wildman–Crippen MR) is 138 cm³/mol. The van der Waals surface area contributed by atoms with Crippen LogP contribution in [-0.4, -0.2) is 37.8 Å². The summed E-state index contributed by atoms with van der Waals surface area (Å²) in [6, 6.07) is 15.6. The number of fused-ring (bicyclic) bond motifs is 1. The van der Waals surface area contributed by atoms with Gasteiger partial charge in [-0.15, -0.1) is 0 Å². The molecule has 4 aromatic rings. The maximum absolute atomic E-state index is 13.7. The minimum atomic E-state index is -0.558. The highest BCUT2D eigenvalue weighted by Crippen LogP contribution is 2.47. The molecule has 0 fully saturated rings. The molecule has 3 aromatic carbocycles. The maximum Gasteiger partial charge on any atom is 0.273 e. The zero-order valence-electron chi connectivity index (χ0n) is 20.2. The van der Waals surface area contributed by atoms with Crippen molar-refractivity contribution in [3.05, 3.63) is 93.1 Å². The number of phenols is 2. The fourth-order valence-electron chi connectivity index (χ4n) is 4.93. The largest absolute Gasteiger partial charge is 0.507 e. The third kappa shape index (κ3) is 3.95. The average Bonchev–Trinajstić information content (AvgIpc) is 3.36. The van der Waals surface area contributed by atoms with E-state index in [2.05, 4.69) is 10.2 Å². The molecule has 0 radical (unpaired) electrons.